The van der Waals surface area contributed by atoms with Crippen LogP contribution in [0.5, 0.6) is 0 Å². The van der Waals surface area contributed by atoms with Gasteiger partial charge in [0.15, 0.2) is 0 Å². The SMILES string of the molecule is N.N.O=C([O-])C1(C(=O)[O-])CCC1.[195Pt+2]. The fourth-order valence-electron chi connectivity index (χ4n) is 1.02. The van der Waals surface area contributed by atoms with E-state index < -0.39 is 17.4 Å². The minimum absolute atomic E-state index is 0. The smallest absolute Gasteiger partial charge is 0.549 e. The molecule has 1 rings (SSSR count). The van der Waals surface area contributed by atoms with Crippen molar-refractivity contribution in [1.82, 2.24) is 12.3 Å². The molecule has 1 aliphatic carbocycles. The molecule has 0 spiro atoms. The van der Waals surface area contributed by atoms with Crippen LogP contribution in [-0.4, -0.2) is 11.9 Å². The van der Waals surface area contributed by atoms with Gasteiger partial charge in [-0.3, -0.25) is 0 Å². The molecule has 0 amide bonds. The number of carboxylic acids is 2. The maximum Gasteiger partial charge on any atom is 2.00 e. The zero-order chi connectivity index (χ0) is 7.78. The third-order valence-electron chi connectivity index (χ3n) is 1.99. The van der Waals surface area contributed by atoms with Gasteiger partial charge in [0.05, 0.1) is 11.9 Å². The number of carbonyl (C=O) groups excluding carboxylic acids is 2. The molecule has 1 aliphatic rings. The summed E-state index contributed by atoms with van der Waals surface area (Å²) in [7, 11) is 0. The Hall–Kier alpha value is -0.452. The molecule has 0 aromatic rings. The van der Waals surface area contributed by atoms with E-state index in [-0.39, 0.29) is 46.2 Å². The van der Waals surface area contributed by atoms with Gasteiger partial charge in [0.2, 0.25) is 0 Å². The molecule has 0 saturated heterocycles. The van der Waals surface area contributed by atoms with Gasteiger partial charge in [-0.05, 0) is 12.8 Å². The van der Waals surface area contributed by atoms with E-state index in [0.29, 0.717) is 6.42 Å². The van der Waals surface area contributed by atoms with Crippen molar-refractivity contribution in [2.24, 2.45) is 5.41 Å². The first-order valence-corrected chi connectivity index (χ1v) is 3.02. The second-order valence-electron chi connectivity index (χ2n) is 2.51. The van der Waals surface area contributed by atoms with Gasteiger partial charge in [-0.1, -0.05) is 6.42 Å². The molecule has 0 radical (unpaired) electrons. The monoisotopic (exact) mass is 371 g/mol. The summed E-state index contributed by atoms with van der Waals surface area (Å²) < 4.78 is 0. The topological polar surface area (TPSA) is 150 Å². The molecule has 0 unspecified atom stereocenters. The van der Waals surface area contributed by atoms with Gasteiger partial charge in [0.25, 0.3) is 0 Å². The van der Waals surface area contributed by atoms with Crippen molar-refractivity contribution in [3.63, 3.8) is 0 Å². The van der Waals surface area contributed by atoms with Gasteiger partial charge in [-0.25, -0.2) is 0 Å². The summed E-state index contributed by atoms with van der Waals surface area (Å²) in [6, 6.07) is 0. The summed E-state index contributed by atoms with van der Waals surface area (Å²) in [6.45, 7) is 0. The Balaban J connectivity index is -0.000000333. The number of hydrogen-bond donors (Lipinski definition) is 2. The molecule has 0 aromatic carbocycles. The first-order valence-electron chi connectivity index (χ1n) is 3.02. The number of aliphatic carboxylic acids is 2. The zero-order valence-corrected chi connectivity index (χ0v) is 9.26. The number of rotatable bonds is 2. The molecule has 0 aromatic heterocycles. The van der Waals surface area contributed by atoms with E-state index in [1.54, 1.807) is 0 Å². The molecular formula is C6H12N2O4Pt. The third-order valence-corrected chi connectivity index (χ3v) is 1.99. The third kappa shape index (κ3) is 2.76. The van der Waals surface area contributed by atoms with E-state index >= 15 is 0 Å². The van der Waals surface area contributed by atoms with Crippen molar-refractivity contribution in [2.45, 2.75) is 19.3 Å². The average Bonchev–Trinajstić information content (AvgIpc) is 1.57. The van der Waals surface area contributed by atoms with Crippen LogP contribution in [0.3, 0.4) is 0 Å². The number of hydrogen-bond acceptors (Lipinski definition) is 6. The van der Waals surface area contributed by atoms with Crippen LogP contribution in [0, 0.1) is 5.41 Å². The fraction of sp³-hybridized carbons (Fsp3) is 0.667. The molecule has 6 nitrogen and oxygen atoms in total. The van der Waals surface area contributed by atoms with Gasteiger partial charge in [-0.2, -0.15) is 0 Å². The van der Waals surface area contributed by atoms with Crippen LogP contribution in [0.2, 0.25) is 0 Å². The summed E-state index contributed by atoms with van der Waals surface area (Å²) in [5.74, 6) is -3.03. The summed E-state index contributed by atoms with van der Waals surface area (Å²) in [6.07, 6.45) is 0.928. The van der Waals surface area contributed by atoms with Crippen molar-refractivity contribution in [3.05, 3.63) is 0 Å². The van der Waals surface area contributed by atoms with Crippen LogP contribution in [0.15, 0.2) is 0 Å². The molecule has 80 valence electrons. The van der Waals surface area contributed by atoms with E-state index in [9.17, 15) is 19.8 Å². The van der Waals surface area contributed by atoms with Crippen LogP contribution < -0.4 is 22.5 Å². The second kappa shape index (κ2) is 6.07. The summed E-state index contributed by atoms with van der Waals surface area (Å²) in [4.78, 5) is 20.4. The Labute approximate surface area is 90.1 Å². The van der Waals surface area contributed by atoms with Crippen molar-refractivity contribution in [2.75, 3.05) is 0 Å². The van der Waals surface area contributed by atoms with Gasteiger partial charge >= 0.3 is 21.1 Å². The fourth-order valence-corrected chi connectivity index (χ4v) is 1.02. The maximum atomic E-state index is 10.2. The van der Waals surface area contributed by atoms with Crippen LogP contribution in [-0.2, 0) is 30.7 Å². The number of carboxylic acid groups (broad SMARTS) is 2. The summed E-state index contributed by atoms with van der Waals surface area (Å²) >= 11 is 0. The average molecular weight is 371 g/mol. The molecule has 7 heteroatoms. The maximum absolute atomic E-state index is 10.2. The van der Waals surface area contributed by atoms with Gasteiger partial charge in [0, 0.05) is 5.41 Å². The molecule has 0 aliphatic heterocycles. The van der Waals surface area contributed by atoms with Gasteiger partial charge in [-0.15, -0.1) is 0 Å². The predicted molar refractivity (Wildman–Crippen MR) is 36.3 cm³/mol. The van der Waals surface area contributed by atoms with Crippen LogP contribution in [0.1, 0.15) is 19.3 Å². The van der Waals surface area contributed by atoms with E-state index in [1.807, 2.05) is 0 Å². The van der Waals surface area contributed by atoms with Crippen molar-refractivity contribution in [3.8, 4) is 0 Å². The van der Waals surface area contributed by atoms with E-state index in [4.69, 9.17) is 0 Å². The minimum atomic E-state index is -1.67. The Kier molecular flexibility index (Phi) is 8.57. The minimum Gasteiger partial charge on any atom is -0.549 e. The standard InChI is InChI=1S/C6H8O4.2H3N.Pt/c7-4(8)6(5(9)10)2-1-3-6;;;/h1-3H2,(H,7,8)(H,9,10);2*1H3;/q;;;+2/p-2/i;;;1+0. The molecule has 1 saturated carbocycles. The predicted octanol–water partition coefficient (Wildman–Crippen LogP) is -2.02. The Morgan fingerprint density at radius 2 is 1.31 bits per heavy atom. The van der Waals surface area contributed by atoms with Crippen molar-refractivity contribution in [1.29, 1.82) is 0 Å². The normalized spacial score (nSPS) is 16.3. The van der Waals surface area contributed by atoms with Gasteiger partial charge < -0.3 is 32.1 Å². The van der Waals surface area contributed by atoms with Crippen LogP contribution >= 0.6 is 0 Å². The zero-order valence-electron chi connectivity index (χ0n) is 6.98. The molecule has 0 bridgehead atoms. The molecule has 0 atom stereocenters. The summed E-state index contributed by atoms with van der Waals surface area (Å²) in [5, 5.41) is 20.4. The van der Waals surface area contributed by atoms with E-state index in [2.05, 4.69) is 0 Å². The Bertz CT molecular complexity index is 177. The van der Waals surface area contributed by atoms with Crippen molar-refractivity contribution < 1.29 is 40.9 Å². The first kappa shape index (κ1) is 18.4. The molecule has 13 heavy (non-hydrogen) atoms. The molecular weight excluding hydrogens is 359 g/mol. The second-order valence-corrected chi connectivity index (χ2v) is 2.51. The largest absolute Gasteiger partial charge is 2.00 e. The van der Waals surface area contributed by atoms with Gasteiger partial charge in [0.1, 0.15) is 0 Å². The van der Waals surface area contributed by atoms with Crippen molar-refractivity contribution >= 4 is 11.9 Å². The van der Waals surface area contributed by atoms with E-state index in [0.717, 1.165) is 0 Å². The summed E-state index contributed by atoms with van der Waals surface area (Å²) in [5.41, 5.74) is -1.67. The quantitative estimate of drug-likeness (QED) is 0.535. The Morgan fingerprint density at radius 3 is 1.31 bits per heavy atom. The van der Waals surface area contributed by atoms with Crippen LogP contribution in [0.4, 0.5) is 0 Å². The first-order chi connectivity index (χ1) is 4.59. The molecule has 0 heterocycles. The Morgan fingerprint density at radius 1 is 1.00 bits per heavy atom. The molecule has 6 N–H and O–H groups in total. The van der Waals surface area contributed by atoms with E-state index in [1.165, 1.54) is 0 Å². The molecule has 1 fully saturated rings. The number of carbonyl (C=O) groups is 2. The van der Waals surface area contributed by atoms with Crippen LogP contribution in [0.25, 0.3) is 0 Å².